The summed E-state index contributed by atoms with van der Waals surface area (Å²) < 4.78 is 0. The summed E-state index contributed by atoms with van der Waals surface area (Å²) in [6.07, 6.45) is 8.16. The zero-order valence-corrected chi connectivity index (χ0v) is 14.1. The van der Waals surface area contributed by atoms with Crippen LogP contribution in [-0.2, 0) is 6.42 Å². The van der Waals surface area contributed by atoms with Gasteiger partial charge in [0.1, 0.15) is 0 Å². The van der Waals surface area contributed by atoms with Crippen LogP contribution in [0.3, 0.4) is 0 Å². The molecule has 1 N–H and O–H groups in total. The van der Waals surface area contributed by atoms with Crippen LogP contribution in [0.4, 0.5) is 0 Å². The summed E-state index contributed by atoms with van der Waals surface area (Å²) in [4.78, 5) is 7.01. The van der Waals surface area contributed by atoms with Crippen LogP contribution in [0.1, 0.15) is 45.2 Å². The van der Waals surface area contributed by atoms with Gasteiger partial charge < -0.3 is 10.2 Å². The molecule has 1 aromatic heterocycles. The van der Waals surface area contributed by atoms with Crippen molar-refractivity contribution in [3.8, 4) is 0 Å². The molecule has 118 valence electrons. The highest BCUT2D eigenvalue weighted by Gasteiger charge is 2.42. The van der Waals surface area contributed by atoms with Crippen molar-refractivity contribution in [2.75, 3.05) is 20.6 Å². The van der Waals surface area contributed by atoms with Gasteiger partial charge in [-0.15, -0.1) is 0 Å². The summed E-state index contributed by atoms with van der Waals surface area (Å²) in [6, 6.07) is 6.71. The topological polar surface area (TPSA) is 28.2 Å². The van der Waals surface area contributed by atoms with E-state index in [4.69, 9.17) is 0 Å². The summed E-state index contributed by atoms with van der Waals surface area (Å²) in [6.45, 7) is 5.61. The molecule has 1 fully saturated rings. The lowest BCUT2D eigenvalue weighted by atomic mass is 9.71. The molecule has 1 unspecified atom stereocenters. The molecule has 1 saturated carbocycles. The molecule has 1 atom stereocenters. The molecule has 1 aliphatic carbocycles. The minimum Gasteiger partial charge on any atom is -0.312 e. The Balaban J connectivity index is 2.20. The molecule has 0 aromatic carbocycles. The first-order valence-electron chi connectivity index (χ1n) is 8.39. The summed E-state index contributed by atoms with van der Waals surface area (Å²) in [7, 11) is 4.50. The number of nitrogens with one attached hydrogen (secondary N) is 1. The maximum absolute atomic E-state index is 4.54. The highest BCUT2D eigenvalue weighted by atomic mass is 15.2. The van der Waals surface area contributed by atoms with Gasteiger partial charge in [0, 0.05) is 29.9 Å². The van der Waals surface area contributed by atoms with Gasteiger partial charge in [-0.3, -0.25) is 4.98 Å². The van der Waals surface area contributed by atoms with E-state index in [2.05, 4.69) is 55.3 Å². The Hall–Kier alpha value is -0.930. The third kappa shape index (κ3) is 3.83. The molecule has 1 aromatic rings. The van der Waals surface area contributed by atoms with Gasteiger partial charge in [-0.2, -0.15) is 0 Å². The summed E-state index contributed by atoms with van der Waals surface area (Å²) in [5.74, 6) is 0.871. The minimum absolute atomic E-state index is 0.264. The van der Waals surface area contributed by atoms with Gasteiger partial charge in [0.15, 0.2) is 0 Å². The van der Waals surface area contributed by atoms with E-state index < -0.39 is 0 Å². The molecular weight excluding hydrogens is 258 g/mol. The molecule has 0 saturated heterocycles. The van der Waals surface area contributed by atoms with E-state index in [0.29, 0.717) is 6.04 Å². The van der Waals surface area contributed by atoms with Crippen LogP contribution in [0.2, 0.25) is 0 Å². The molecular formula is C18H31N3. The fourth-order valence-electron chi connectivity index (χ4n) is 3.80. The van der Waals surface area contributed by atoms with Crippen molar-refractivity contribution in [1.29, 1.82) is 0 Å². The van der Waals surface area contributed by atoms with Crippen molar-refractivity contribution in [3.63, 3.8) is 0 Å². The number of pyridine rings is 1. The lowest BCUT2D eigenvalue weighted by Gasteiger charge is -2.50. The quantitative estimate of drug-likeness (QED) is 0.872. The fourth-order valence-corrected chi connectivity index (χ4v) is 3.80. The van der Waals surface area contributed by atoms with Gasteiger partial charge in [0.05, 0.1) is 0 Å². The van der Waals surface area contributed by atoms with Crippen LogP contribution in [0, 0.1) is 5.92 Å². The number of hydrogen-bond acceptors (Lipinski definition) is 3. The van der Waals surface area contributed by atoms with Crippen LogP contribution < -0.4 is 5.32 Å². The van der Waals surface area contributed by atoms with Crippen LogP contribution in [0.15, 0.2) is 24.4 Å². The molecule has 1 heterocycles. The van der Waals surface area contributed by atoms with Crippen LogP contribution >= 0.6 is 0 Å². The third-order valence-electron chi connectivity index (χ3n) is 5.27. The smallest absolute Gasteiger partial charge is 0.0419 e. The Bertz CT molecular complexity index is 408. The van der Waals surface area contributed by atoms with Crippen LogP contribution in [0.25, 0.3) is 0 Å². The lowest BCUT2D eigenvalue weighted by Crippen LogP contribution is -2.61. The van der Waals surface area contributed by atoms with Crippen molar-refractivity contribution in [1.82, 2.24) is 15.2 Å². The summed E-state index contributed by atoms with van der Waals surface area (Å²) in [5, 5.41) is 3.76. The van der Waals surface area contributed by atoms with Crippen molar-refractivity contribution < 1.29 is 0 Å². The Labute approximate surface area is 130 Å². The number of nitrogens with zero attached hydrogens (tertiary/aromatic N) is 2. The van der Waals surface area contributed by atoms with E-state index in [9.17, 15) is 0 Å². The van der Waals surface area contributed by atoms with E-state index in [1.165, 1.54) is 31.4 Å². The standard InChI is InChI=1S/C18H31N3/c1-5-19-17(14-16-8-6-7-13-20-16)18(21(3)4)11-9-15(2)10-12-18/h6-8,13,15,17,19H,5,9-12,14H2,1-4H3. The fraction of sp³-hybridized carbons (Fsp3) is 0.722. The Morgan fingerprint density at radius 1 is 1.33 bits per heavy atom. The van der Waals surface area contributed by atoms with Crippen molar-refractivity contribution in [3.05, 3.63) is 30.1 Å². The molecule has 1 aliphatic rings. The van der Waals surface area contributed by atoms with Crippen LogP contribution in [-0.4, -0.2) is 42.1 Å². The molecule has 3 nitrogen and oxygen atoms in total. The highest BCUT2D eigenvalue weighted by molar-refractivity contribution is 5.10. The number of likely N-dealkylation sites (N-methyl/N-ethyl adjacent to an activating group) is 2. The van der Waals surface area contributed by atoms with Gasteiger partial charge in [0.25, 0.3) is 0 Å². The van der Waals surface area contributed by atoms with Gasteiger partial charge in [-0.25, -0.2) is 0 Å². The zero-order valence-electron chi connectivity index (χ0n) is 14.1. The number of aromatic nitrogens is 1. The molecule has 0 amide bonds. The third-order valence-corrected chi connectivity index (χ3v) is 5.27. The number of hydrogen-bond donors (Lipinski definition) is 1. The normalized spacial score (nSPS) is 27.8. The van der Waals surface area contributed by atoms with E-state index in [1.807, 2.05) is 12.3 Å². The van der Waals surface area contributed by atoms with E-state index in [1.54, 1.807) is 0 Å². The number of rotatable bonds is 6. The average Bonchev–Trinajstić information content (AvgIpc) is 2.49. The molecule has 21 heavy (non-hydrogen) atoms. The second-order valence-corrected chi connectivity index (χ2v) is 6.82. The van der Waals surface area contributed by atoms with E-state index >= 15 is 0 Å². The summed E-state index contributed by atoms with van der Waals surface area (Å²) in [5.41, 5.74) is 1.46. The van der Waals surface area contributed by atoms with Gasteiger partial charge in [0.2, 0.25) is 0 Å². The molecule has 3 heteroatoms. The molecule has 0 radical (unpaired) electrons. The first-order chi connectivity index (χ1) is 10.1. The molecule has 0 aliphatic heterocycles. The van der Waals surface area contributed by atoms with Crippen LogP contribution in [0.5, 0.6) is 0 Å². The first-order valence-corrected chi connectivity index (χ1v) is 8.39. The maximum Gasteiger partial charge on any atom is 0.0419 e. The zero-order chi connectivity index (χ0) is 15.3. The molecule has 0 bridgehead atoms. The van der Waals surface area contributed by atoms with Crippen molar-refractivity contribution >= 4 is 0 Å². The highest BCUT2D eigenvalue weighted by Crippen LogP contribution is 2.38. The maximum atomic E-state index is 4.54. The predicted molar refractivity (Wildman–Crippen MR) is 89.5 cm³/mol. The van der Waals surface area contributed by atoms with Gasteiger partial charge in [-0.05, 0) is 64.4 Å². The summed E-state index contributed by atoms with van der Waals surface area (Å²) >= 11 is 0. The van der Waals surface area contributed by atoms with Gasteiger partial charge in [-0.1, -0.05) is 19.9 Å². The SMILES string of the molecule is CCNC(Cc1ccccn1)C1(N(C)C)CCC(C)CC1. The van der Waals surface area contributed by atoms with Gasteiger partial charge >= 0.3 is 0 Å². The molecule has 0 spiro atoms. The monoisotopic (exact) mass is 289 g/mol. The largest absolute Gasteiger partial charge is 0.312 e. The van der Waals surface area contributed by atoms with E-state index in [0.717, 1.165) is 18.9 Å². The predicted octanol–water partition coefficient (Wildman–Crippen LogP) is 3.11. The van der Waals surface area contributed by atoms with E-state index in [-0.39, 0.29) is 5.54 Å². The second-order valence-electron chi connectivity index (χ2n) is 6.82. The lowest BCUT2D eigenvalue weighted by molar-refractivity contribution is 0.0437. The van der Waals surface area contributed by atoms with Crippen molar-refractivity contribution in [2.24, 2.45) is 5.92 Å². The Morgan fingerprint density at radius 3 is 2.57 bits per heavy atom. The van der Waals surface area contributed by atoms with Crippen molar-refractivity contribution in [2.45, 2.75) is 57.5 Å². The first kappa shape index (κ1) is 16.4. The molecule has 2 rings (SSSR count). The average molecular weight is 289 g/mol. The second kappa shape index (κ2) is 7.37. The minimum atomic E-state index is 0.264. The Morgan fingerprint density at radius 2 is 2.05 bits per heavy atom. The Kier molecular flexibility index (Phi) is 5.77.